The molecule has 1 amide bonds. The summed E-state index contributed by atoms with van der Waals surface area (Å²) in [6.07, 6.45) is -4.13. The molecule has 1 aromatic rings. The highest BCUT2D eigenvalue weighted by Crippen LogP contribution is 2.37. The molecule has 1 aliphatic rings. The van der Waals surface area contributed by atoms with Crippen molar-refractivity contribution in [3.63, 3.8) is 0 Å². The summed E-state index contributed by atoms with van der Waals surface area (Å²) < 4.78 is 38.0. The Morgan fingerprint density at radius 3 is 2.63 bits per heavy atom. The molecule has 1 aromatic carbocycles. The van der Waals surface area contributed by atoms with E-state index < -0.39 is 11.7 Å². The van der Waals surface area contributed by atoms with Gasteiger partial charge in [0.15, 0.2) is 0 Å². The van der Waals surface area contributed by atoms with Gasteiger partial charge in [0.2, 0.25) is 5.91 Å². The Morgan fingerprint density at radius 2 is 2.11 bits per heavy atom. The molecule has 1 atom stereocenters. The van der Waals surface area contributed by atoms with E-state index in [9.17, 15) is 18.0 Å². The number of rotatable bonds is 2. The average Bonchev–Trinajstić information content (AvgIpc) is 2.69. The predicted molar refractivity (Wildman–Crippen MR) is 70.7 cm³/mol. The largest absolute Gasteiger partial charge is 0.416 e. The second-order valence-electron chi connectivity index (χ2n) is 4.39. The van der Waals surface area contributed by atoms with Crippen LogP contribution in [0.2, 0.25) is 5.02 Å². The van der Waals surface area contributed by atoms with Gasteiger partial charge in [0, 0.05) is 18.3 Å². The van der Waals surface area contributed by atoms with Gasteiger partial charge in [0.1, 0.15) is 0 Å². The summed E-state index contributed by atoms with van der Waals surface area (Å²) in [5.74, 6) is -0.108. The lowest BCUT2D eigenvalue weighted by Crippen LogP contribution is -2.25. The molecule has 1 unspecified atom stereocenters. The predicted octanol–water partition coefficient (Wildman–Crippen LogP) is 4.11. The van der Waals surface area contributed by atoms with Crippen molar-refractivity contribution in [2.24, 2.45) is 5.92 Å². The molecule has 0 radical (unpaired) electrons. The van der Waals surface area contributed by atoms with Crippen molar-refractivity contribution in [3.05, 3.63) is 28.8 Å². The van der Waals surface area contributed by atoms with Crippen LogP contribution in [0.4, 0.5) is 18.9 Å². The number of carbonyl (C=O) groups is 1. The third-order valence-corrected chi connectivity index (χ3v) is 4.22. The van der Waals surface area contributed by atoms with Crippen LogP contribution in [0.5, 0.6) is 0 Å². The number of nitrogens with zero attached hydrogens (tertiary/aromatic N) is 1. The van der Waals surface area contributed by atoms with Gasteiger partial charge in [-0.1, -0.05) is 27.5 Å². The zero-order valence-electron chi connectivity index (χ0n) is 9.68. The van der Waals surface area contributed by atoms with Gasteiger partial charge in [0.05, 0.1) is 16.3 Å². The number of hydrogen-bond donors (Lipinski definition) is 0. The number of benzene rings is 1. The summed E-state index contributed by atoms with van der Waals surface area (Å²) in [6, 6.07) is 3.01. The van der Waals surface area contributed by atoms with E-state index in [0.29, 0.717) is 18.3 Å². The van der Waals surface area contributed by atoms with Crippen LogP contribution in [-0.2, 0) is 11.0 Å². The van der Waals surface area contributed by atoms with Crippen LogP contribution in [0.15, 0.2) is 18.2 Å². The molecule has 7 heteroatoms. The maximum atomic E-state index is 12.7. The third-order valence-electron chi connectivity index (χ3n) is 2.99. The molecule has 104 valence electrons. The van der Waals surface area contributed by atoms with Gasteiger partial charge in [0.25, 0.3) is 0 Å². The van der Waals surface area contributed by atoms with Crippen molar-refractivity contribution < 1.29 is 18.0 Å². The van der Waals surface area contributed by atoms with Crippen molar-refractivity contribution >= 4 is 39.1 Å². The van der Waals surface area contributed by atoms with Crippen LogP contribution < -0.4 is 4.90 Å². The minimum atomic E-state index is -4.45. The van der Waals surface area contributed by atoms with Gasteiger partial charge < -0.3 is 4.90 Å². The molecule has 0 saturated carbocycles. The van der Waals surface area contributed by atoms with Crippen LogP contribution in [0, 0.1) is 5.92 Å². The molecule has 0 N–H and O–H groups in total. The molecule has 0 aromatic heterocycles. The van der Waals surface area contributed by atoms with Crippen molar-refractivity contribution in [3.8, 4) is 0 Å². The van der Waals surface area contributed by atoms with Gasteiger partial charge >= 0.3 is 6.18 Å². The number of alkyl halides is 4. The minimum Gasteiger partial charge on any atom is -0.311 e. The fourth-order valence-electron chi connectivity index (χ4n) is 2.01. The summed E-state index contributed by atoms with van der Waals surface area (Å²) in [5.41, 5.74) is -0.674. The summed E-state index contributed by atoms with van der Waals surface area (Å²) in [6.45, 7) is 0.380. The van der Waals surface area contributed by atoms with E-state index in [4.69, 9.17) is 11.6 Å². The zero-order chi connectivity index (χ0) is 14.2. The highest BCUT2D eigenvalue weighted by atomic mass is 79.9. The van der Waals surface area contributed by atoms with Crippen molar-refractivity contribution in [1.29, 1.82) is 0 Å². The Balaban J connectivity index is 2.37. The zero-order valence-corrected chi connectivity index (χ0v) is 12.0. The van der Waals surface area contributed by atoms with Gasteiger partial charge in [-0.05, 0) is 24.1 Å². The van der Waals surface area contributed by atoms with E-state index in [1.54, 1.807) is 0 Å². The van der Waals surface area contributed by atoms with Crippen molar-refractivity contribution in [2.75, 3.05) is 16.8 Å². The fourth-order valence-corrected chi connectivity index (χ4v) is 2.67. The highest BCUT2D eigenvalue weighted by Gasteiger charge is 2.35. The molecule has 2 rings (SSSR count). The number of hydrogen-bond acceptors (Lipinski definition) is 1. The van der Waals surface area contributed by atoms with Gasteiger partial charge in [-0.3, -0.25) is 4.79 Å². The second kappa shape index (κ2) is 5.32. The number of halogens is 5. The van der Waals surface area contributed by atoms with Crippen molar-refractivity contribution in [1.82, 2.24) is 0 Å². The molecule has 0 bridgehead atoms. The Kier molecular flexibility index (Phi) is 4.11. The monoisotopic (exact) mass is 355 g/mol. The maximum Gasteiger partial charge on any atom is 0.416 e. The van der Waals surface area contributed by atoms with Gasteiger partial charge in [-0.2, -0.15) is 13.2 Å². The minimum absolute atomic E-state index is 0.0955. The lowest BCUT2D eigenvalue weighted by molar-refractivity contribution is -0.137. The molecular weight excluding hydrogens is 346 g/mol. The topological polar surface area (TPSA) is 20.3 Å². The molecule has 19 heavy (non-hydrogen) atoms. The summed E-state index contributed by atoms with van der Waals surface area (Å²) in [5, 5.41) is 0.780. The summed E-state index contributed by atoms with van der Waals surface area (Å²) in [4.78, 5) is 13.1. The van der Waals surface area contributed by atoms with Gasteiger partial charge in [-0.15, -0.1) is 0 Å². The van der Waals surface area contributed by atoms with E-state index in [1.165, 1.54) is 11.0 Å². The Labute approximate surface area is 121 Å². The standard InChI is InChI=1S/C12H10BrClF3NO/c13-5-7-3-11(19)18(6-7)10-4-8(12(15,16)17)1-2-9(10)14/h1-2,4,7H,3,5-6H2. The van der Waals surface area contributed by atoms with Crippen LogP contribution in [0.3, 0.4) is 0 Å². The molecule has 1 aliphatic heterocycles. The molecule has 1 heterocycles. The summed E-state index contributed by atoms with van der Waals surface area (Å²) >= 11 is 9.19. The first-order valence-corrected chi connectivity index (χ1v) is 7.06. The average molecular weight is 357 g/mol. The van der Waals surface area contributed by atoms with Crippen LogP contribution in [-0.4, -0.2) is 17.8 Å². The van der Waals surface area contributed by atoms with E-state index in [0.717, 1.165) is 12.1 Å². The Bertz CT molecular complexity index is 506. The second-order valence-corrected chi connectivity index (χ2v) is 5.45. The first-order chi connectivity index (χ1) is 8.82. The number of amides is 1. The Hall–Kier alpha value is -0.750. The molecule has 1 saturated heterocycles. The normalized spacial score (nSPS) is 20.2. The molecule has 0 spiro atoms. The molecule has 2 nitrogen and oxygen atoms in total. The van der Waals surface area contributed by atoms with E-state index in [2.05, 4.69) is 15.9 Å². The lowest BCUT2D eigenvalue weighted by Gasteiger charge is -2.19. The van der Waals surface area contributed by atoms with Crippen molar-refractivity contribution in [2.45, 2.75) is 12.6 Å². The highest BCUT2D eigenvalue weighted by molar-refractivity contribution is 9.09. The van der Waals surface area contributed by atoms with Crippen LogP contribution in [0.25, 0.3) is 0 Å². The quantitative estimate of drug-likeness (QED) is 0.730. The van der Waals surface area contributed by atoms with E-state index in [1.807, 2.05) is 0 Å². The van der Waals surface area contributed by atoms with Crippen LogP contribution >= 0.6 is 27.5 Å². The summed E-state index contributed by atoms with van der Waals surface area (Å²) in [7, 11) is 0. The van der Waals surface area contributed by atoms with Gasteiger partial charge in [-0.25, -0.2) is 0 Å². The number of anilines is 1. The van der Waals surface area contributed by atoms with E-state index >= 15 is 0 Å². The Morgan fingerprint density at radius 1 is 1.42 bits per heavy atom. The lowest BCUT2D eigenvalue weighted by atomic mass is 10.1. The van der Waals surface area contributed by atoms with E-state index in [-0.39, 0.29) is 22.5 Å². The fraction of sp³-hybridized carbons (Fsp3) is 0.417. The first-order valence-electron chi connectivity index (χ1n) is 5.56. The molecule has 1 fully saturated rings. The first kappa shape index (κ1) is 14.7. The number of carbonyl (C=O) groups excluding carboxylic acids is 1. The maximum absolute atomic E-state index is 12.7. The molecular formula is C12H10BrClF3NO. The molecule has 0 aliphatic carbocycles. The SMILES string of the molecule is O=C1CC(CBr)CN1c1cc(C(F)(F)F)ccc1Cl. The van der Waals surface area contributed by atoms with Crippen LogP contribution in [0.1, 0.15) is 12.0 Å². The smallest absolute Gasteiger partial charge is 0.311 e. The third kappa shape index (κ3) is 3.05.